The summed E-state index contributed by atoms with van der Waals surface area (Å²) in [6.45, 7) is 9.20. The lowest BCUT2D eigenvalue weighted by Crippen LogP contribution is -1.90. The van der Waals surface area contributed by atoms with Gasteiger partial charge in [-0.05, 0) is 84.7 Å². The Morgan fingerprint density at radius 1 is 0.413 bits per heavy atom. The minimum atomic E-state index is 1.21. The Morgan fingerprint density at radius 2 is 0.739 bits per heavy atom. The molecule has 252 valence electrons. The molecule has 0 nitrogen and oxygen atoms in total. The zero-order valence-corrected chi connectivity index (χ0v) is 31.6. The van der Waals surface area contributed by atoms with E-state index >= 15 is 0 Å². The first-order valence-electron chi connectivity index (χ1n) is 19.3. The van der Waals surface area contributed by atoms with Gasteiger partial charge < -0.3 is 0 Å². The number of unbranched alkanes of at least 4 members (excludes halogenated alkanes) is 18. The molecule has 0 aliphatic heterocycles. The molecule has 0 N–H and O–H groups in total. The normalized spacial score (nSPS) is 11.7. The molecule has 2 heteroatoms. The van der Waals surface area contributed by atoms with Crippen LogP contribution in [-0.4, -0.2) is 0 Å². The largest absolute Gasteiger partial charge is 0.140 e. The Morgan fingerprint density at radius 3 is 1.09 bits per heavy atom. The van der Waals surface area contributed by atoms with Crippen LogP contribution in [0.4, 0.5) is 0 Å². The van der Waals surface area contributed by atoms with Gasteiger partial charge in [-0.15, -0.1) is 22.7 Å². The van der Waals surface area contributed by atoms with Crippen LogP contribution in [0, 0.1) is 13.8 Å². The Kier molecular flexibility index (Phi) is 17.0. The van der Waals surface area contributed by atoms with Crippen LogP contribution in [0.3, 0.4) is 0 Å². The van der Waals surface area contributed by atoms with Crippen LogP contribution >= 0.6 is 22.7 Å². The van der Waals surface area contributed by atoms with E-state index in [1.807, 2.05) is 22.7 Å². The van der Waals surface area contributed by atoms with Crippen molar-refractivity contribution in [2.45, 2.75) is 169 Å². The van der Waals surface area contributed by atoms with Gasteiger partial charge in [-0.2, -0.15) is 0 Å². The Labute approximate surface area is 291 Å². The summed E-state index contributed by atoms with van der Waals surface area (Å²) in [6.07, 6.45) is 30.3. The second kappa shape index (κ2) is 21.1. The maximum Gasteiger partial charge on any atom is 0.0383 e. The molecule has 0 unspecified atom stereocenters. The molecule has 0 atom stereocenters. The molecule has 0 saturated heterocycles. The minimum absolute atomic E-state index is 1.21. The van der Waals surface area contributed by atoms with Crippen molar-refractivity contribution in [2.24, 2.45) is 0 Å². The molecule has 0 spiro atoms. The molecule has 2 heterocycles. The number of rotatable bonds is 24. The number of aryl methyl sites for hydroxylation is 4. The molecule has 2 aromatic heterocycles. The van der Waals surface area contributed by atoms with Gasteiger partial charge in [0, 0.05) is 19.5 Å². The van der Waals surface area contributed by atoms with Crippen molar-refractivity contribution in [3.8, 4) is 20.9 Å². The van der Waals surface area contributed by atoms with Gasteiger partial charge >= 0.3 is 0 Å². The predicted molar refractivity (Wildman–Crippen MR) is 211 cm³/mol. The van der Waals surface area contributed by atoms with Gasteiger partial charge in [0.1, 0.15) is 0 Å². The molecule has 46 heavy (non-hydrogen) atoms. The van der Waals surface area contributed by atoms with Crippen molar-refractivity contribution in [1.29, 1.82) is 0 Å². The summed E-state index contributed by atoms with van der Waals surface area (Å²) < 4.78 is 0. The lowest BCUT2D eigenvalue weighted by Gasteiger charge is -2.12. The topological polar surface area (TPSA) is 0 Å². The van der Waals surface area contributed by atoms with Crippen LogP contribution in [-0.2, 0) is 12.8 Å². The summed E-state index contributed by atoms with van der Waals surface area (Å²) in [6, 6.07) is 19.1. The summed E-state index contributed by atoms with van der Waals surface area (Å²) in [5, 5.41) is 2.84. The van der Waals surface area contributed by atoms with E-state index in [2.05, 4.69) is 76.2 Å². The molecule has 0 aliphatic carbocycles. The molecule has 0 radical (unpaired) electrons. The minimum Gasteiger partial charge on any atom is -0.140 e. The van der Waals surface area contributed by atoms with Crippen LogP contribution in [0.2, 0.25) is 0 Å². The van der Waals surface area contributed by atoms with E-state index in [1.54, 1.807) is 11.1 Å². The highest BCUT2D eigenvalue weighted by atomic mass is 32.1. The Hall–Kier alpha value is -1.90. The fourth-order valence-corrected chi connectivity index (χ4v) is 9.48. The third kappa shape index (κ3) is 11.7. The van der Waals surface area contributed by atoms with Crippen molar-refractivity contribution in [2.75, 3.05) is 0 Å². The number of fused-ring (bicyclic) bond motifs is 1. The van der Waals surface area contributed by atoms with Crippen molar-refractivity contribution in [3.63, 3.8) is 0 Å². The van der Waals surface area contributed by atoms with E-state index in [9.17, 15) is 0 Å². The molecule has 0 amide bonds. The summed E-state index contributed by atoms with van der Waals surface area (Å²) in [4.78, 5) is 5.89. The van der Waals surface area contributed by atoms with Crippen LogP contribution in [0.25, 0.3) is 31.7 Å². The third-order valence-electron chi connectivity index (χ3n) is 9.88. The van der Waals surface area contributed by atoms with Crippen molar-refractivity contribution in [1.82, 2.24) is 0 Å². The smallest absolute Gasteiger partial charge is 0.0383 e. The highest BCUT2D eigenvalue weighted by Crippen LogP contribution is 2.42. The number of thiophene rings is 2. The van der Waals surface area contributed by atoms with E-state index in [4.69, 9.17) is 0 Å². The first-order chi connectivity index (χ1) is 22.6. The summed E-state index contributed by atoms with van der Waals surface area (Å²) >= 11 is 4.00. The summed E-state index contributed by atoms with van der Waals surface area (Å²) in [5.74, 6) is 0. The second-order valence-corrected chi connectivity index (χ2v) is 16.5. The van der Waals surface area contributed by atoms with Gasteiger partial charge in [-0.25, -0.2) is 0 Å². The molecule has 0 saturated carbocycles. The van der Waals surface area contributed by atoms with Crippen LogP contribution in [0.5, 0.6) is 0 Å². The van der Waals surface area contributed by atoms with E-state index in [-0.39, 0.29) is 0 Å². The molecule has 4 rings (SSSR count). The average Bonchev–Trinajstić information content (AvgIpc) is 3.63. The van der Waals surface area contributed by atoms with E-state index in [0.29, 0.717) is 0 Å². The predicted octanol–water partition coefficient (Wildman–Crippen LogP) is 15.8. The van der Waals surface area contributed by atoms with Gasteiger partial charge in [0.15, 0.2) is 0 Å². The lowest BCUT2D eigenvalue weighted by atomic mass is 9.94. The van der Waals surface area contributed by atoms with E-state index in [0.717, 1.165) is 0 Å². The Bertz CT molecular complexity index is 1300. The zero-order valence-electron chi connectivity index (χ0n) is 30.0. The summed E-state index contributed by atoms with van der Waals surface area (Å²) in [5.41, 5.74) is 6.00. The van der Waals surface area contributed by atoms with Gasteiger partial charge in [0.25, 0.3) is 0 Å². The third-order valence-corrected chi connectivity index (χ3v) is 12.1. The SMILES string of the molecule is CCCCCCCCCCCCc1cc(C)sc1-c1cccc2c(-c3sc(C)cc3CCCCCCCCCCCC)cccc12. The number of benzene rings is 2. The lowest BCUT2D eigenvalue weighted by molar-refractivity contribution is 0.556. The highest BCUT2D eigenvalue weighted by Gasteiger charge is 2.16. The van der Waals surface area contributed by atoms with Gasteiger partial charge in [0.2, 0.25) is 0 Å². The van der Waals surface area contributed by atoms with Gasteiger partial charge in [-0.1, -0.05) is 166 Å². The number of hydrogen-bond acceptors (Lipinski definition) is 2. The first-order valence-corrected chi connectivity index (χ1v) is 21.0. The van der Waals surface area contributed by atoms with Gasteiger partial charge in [0.05, 0.1) is 0 Å². The molecule has 0 bridgehead atoms. The van der Waals surface area contributed by atoms with Crippen LogP contribution in [0.15, 0.2) is 48.5 Å². The van der Waals surface area contributed by atoms with E-state index in [1.165, 1.54) is 183 Å². The van der Waals surface area contributed by atoms with Crippen LogP contribution < -0.4 is 0 Å². The first kappa shape index (κ1) is 36.9. The highest BCUT2D eigenvalue weighted by molar-refractivity contribution is 7.16. The molecular weight excluding hydrogens is 593 g/mol. The standard InChI is InChI=1S/C44H64S2/c1-5-7-9-11-13-15-17-19-21-23-27-37-33-35(3)45-43(37)41-31-25-30-40-39(41)29-26-32-42(40)44-38(34-36(4)46-44)28-24-22-20-18-16-14-12-10-8-6-2/h25-26,29-34H,5-24,27-28H2,1-4H3. The second-order valence-electron chi connectivity index (χ2n) is 14.0. The van der Waals surface area contributed by atoms with Crippen molar-refractivity contribution >= 4 is 33.4 Å². The fourth-order valence-electron chi connectivity index (χ4n) is 7.27. The molecule has 0 fully saturated rings. The van der Waals surface area contributed by atoms with Crippen molar-refractivity contribution in [3.05, 3.63) is 69.4 Å². The molecule has 0 aliphatic rings. The summed E-state index contributed by atoms with van der Waals surface area (Å²) in [7, 11) is 0. The number of hydrogen-bond donors (Lipinski definition) is 0. The quantitative estimate of drug-likeness (QED) is 0.0658. The molecular formula is C44H64S2. The van der Waals surface area contributed by atoms with E-state index < -0.39 is 0 Å². The molecule has 2 aromatic carbocycles. The van der Waals surface area contributed by atoms with Gasteiger partial charge in [-0.3, -0.25) is 0 Å². The zero-order chi connectivity index (χ0) is 32.4. The average molecular weight is 657 g/mol. The monoisotopic (exact) mass is 656 g/mol. The molecule has 4 aromatic rings. The van der Waals surface area contributed by atoms with Crippen molar-refractivity contribution < 1.29 is 0 Å². The maximum atomic E-state index is 2.48. The van der Waals surface area contributed by atoms with Crippen LogP contribution in [0.1, 0.15) is 163 Å². The maximum absolute atomic E-state index is 2.48. The Balaban J connectivity index is 1.37. The fraction of sp³-hybridized carbons (Fsp3) is 0.591.